The molecular formula is C17H9Cl3N2O3. The minimum Gasteiger partial charge on any atom is -0.478 e. The first-order valence-electron chi connectivity index (χ1n) is 6.96. The maximum atomic E-state index is 12.5. The van der Waals surface area contributed by atoms with Gasteiger partial charge in [-0.1, -0.05) is 53.0 Å². The van der Waals surface area contributed by atoms with Crippen LogP contribution in [0.3, 0.4) is 0 Å². The quantitative estimate of drug-likeness (QED) is 0.643. The van der Waals surface area contributed by atoms with E-state index in [9.17, 15) is 9.59 Å². The highest BCUT2D eigenvalue weighted by Gasteiger charge is 2.18. The van der Waals surface area contributed by atoms with E-state index in [0.717, 1.165) is 6.20 Å². The zero-order valence-corrected chi connectivity index (χ0v) is 14.7. The molecule has 1 aromatic heterocycles. The predicted octanol–water partition coefficient (Wildman–Crippen LogP) is 5.15. The molecule has 0 aliphatic carbocycles. The molecule has 0 saturated heterocycles. The summed E-state index contributed by atoms with van der Waals surface area (Å²) in [7, 11) is 0. The van der Waals surface area contributed by atoms with Crippen LogP contribution in [0.4, 0.5) is 5.69 Å². The molecule has 3 aromatic rings. The highest BCUT2D eigenvalue weighted by molar-refractivity contribution is 6.41. The molecule has 0 radical (unpaired) electrons. The zero-order chi connectivity index (χ0) is 18.1. The van der Waals surface area contributed by atoms with E-state index in [1.54, 1.807) is 36.4 Å². The molecule has 0 bridgehead atoms. The maximum absolute atomic E-state index is 12.5. The monoisotopic (exact) mass is 394 g/mol. The number of nitrogens with zero attached hydrogens (tertiary/aromatic N) is 1. The number of carbonyl (C=O) groups excluding carboxylic acids is 1. The summed E-state index contributed by atoms with van der Waals surface area (Å²) in [6, 6.07) is 9.61. The van der Waals surface area contributed by atoms with Gasteiger partial charge in [-0.3, -0.25) is 9.78 Å². The molecule has 2 aromatic carbocycles. The third kappa shape index (κ3) is 3.26. The van der Waals surface area contributed by atoms with Gasteiger partial charge in [0, 0.05) is 11.6 Å². The Bertz CT molecular complexity index is 1000. The number of rotatable bonds is 3. The Hall–Kier alpha value is -2.34. The first-order chi connectivity index (χ1) is 11.9. The van der Waals surface area contributed by atoms with Gasteiger partial charge in [-0.15, -0.1) is 0 Å². The van der Waals surface area contributed by atoms with Gasteiger partial charge in [-0.2, -0.15) is 0 Å². The lowest BCUT2D eigenvalue weighted by atomic mass is 10.1. The molecule has 0 saturated carbocycles. The number of fused-ring (bicyclic) bond motifs is 1. The lowest BCUT2D eigenvalue weighted by Gasteiger charge is -2.11. The number of aromatic nitrogens is 1. The first-order valence-corrected chi connectivity index (χ1v) is 8.09. The number of hydrogen-bond acceptors (Lipinski definition) is 3. The number of pyridine rings is 1. The fourth-order valence-corrected chi connectivity index (χ4v) is 3.19. The summed E-state index contributed by atoms with van der Waals surface area (Å²) in [6.07, 6.45) is 1.14. The minimum absolute atomic E-state index is 0.0457. The fourth-order valence-electron chi connectivity index (χ4n) is 2.34. The van der Waals surface area contributed by atoms with E-state index in [0.29, 0.717) is 16.6 Å². The van der Waals surface area contributed by atoms with E-state index in [-0.39, 0.29) is 26.2 Å². The number of para-hydroxylation sites is 1. The number of carbonyl (C=O) groups is 2. The van der Waals surface area contributed by atoms with Crippen LogP contribution < -0.4 is 5.32 Å². The number of nitrogens with one attached hydrogen (secondary N) is 1. The van der Waals surface area contributed by atoms with Crippen LogP contribution in [0.15, 0.2) is 42.6 Å². The highest BCUT2D eigenvalue weighted by atomic mass is 35.5. The van der Waals surface area contributed by atoms with Crippen molar-refractivity contribution in [3.05, 3.63) is 68.8 Å². The molecule has 25 heavy (non-hydrogen) atoms. The molecule has 0 atom stereocenters. The second-order valence-electron chi connectivity index (χ2n) is 5.04. The lowest BCUT2D eigenvalue weighted by Crippen LogP contribution is -2.14. The topological polar surface area (TPSA) is 79.3 Å². The molecule has 0 fully saturated rings. The van der Waals surface area contributed by atoms with Gasteiger partial charge in [-0.25, -0.2) is 4.79 Å². The molecule has 1 heterocycles. The van der Waals surface area contributed by atoms with E-state index in [1.165, 1.54) is 0 Å². The summed E-state index contributed by atoms with van der Waals surface area (Å²) in [4.78, 5) is 27.8. The third-order valence-electron chi connectivity index (χ3n) is 3.50. The molecule has 0 unspecified atom stereocenters. The van der Waals surface area contributed by atoms with Crippen molar-refractivity contribution in [3.63, 3.8) is 0 Å². The van der Waals surface area contributed by atoms with Gasteiger partial charge in [0.2, 0.25) is 0 Å². The third-order valence-corrected chi connectivity index (χ3v) is 4.54. The van der Waals surface area contributed by atoms with Crippen LogP contribution in [0, 0.1) is 0 Å². The van der Waals surface area contributed by atoms with Gasteiger partial charge in [0.15, 0.2) is 0 Å². The molecule has 5 nitrogen and oxygen atoms in total. The highest BCUT2D eigenvalue weighted by Crippen LogP contribution is 2.31. The first kappa shape index (κ1) is 17.5. The van der Waals surface area contributed by atoms with Crippen LogP contribution in [0.25, 0.3) is 10.9 Å². The normalized spacial score (nSPS) is 10.7. The molecule has 0 aliphatic heterocycles. The van der Waals surface area contributed by atoms with Gasteiger partial charge >= 0.3 is 5.97 Å². The second kappa shape index (κ2) is 6.88. The number of carboxylic acids is 1. The van der Waals surface area contributed by atoms with Crippen molar-refractivity contribution >= 4 is 63.3 Å². The largest absolute Gasteiger partial charge is 0.478 e. The number of anilines is 1. The molecule has 2 N–H and O–H groups in total. The van der Waals surface area contributed by atoms with E-state index >= 15 is 0 Å². The van der Waals surface area contributed by atoms with Gasteiger partial charge in [-0.05, 0) is 18.2 Å². The SMILES string of the molecule is O=C(O)c1cnc2c(NC(=O)c3c(Cl)cccc3Cl)cccc2c1Cl. The molecule has 3 rings (SSSR count). The predicted molar refractivity (Wildman–Crippen MR) is 98.1 cm³/mol. The number of halogens is 3. The Morgan fingerprint density at radius 1 is 1.00 bits per heavy atom. The maximum Gasteiger partial charge on any atom is 0.338 e. The molecular weight excluding hydrogens is 387 g/mol. The summed E-state index contributed by atoms with van der Waals surface area (Å²) in [5, 5.41) is 12.7. The van der Waals surface area contributed by atoms with E-state index in [4.69, 9.17) is 39.9 Å². The number of carboxylic acid groups (broad SMARTS) is 1. The zero-order valence-electron chi connectivity index (χ0n) is 12.4. The Kier molecular flexibility index (Phi) is 4.81. The van der Waals surface area contributed by atoms with Crippen molar-refractivity contribution < 1.29 is 14.7 Å². The number of amides is 1. The fraction of sp³-hybridized carbons (Fsp3) is 0. The van der Waals surface area contributed by atoms with E-state index in [2.05, 4.69) is 10.3 Å². The Balaban J connectivity index is 2.07. The standard InChI is InChI=1S/C17H9Cl3N2O3/c18-10-4-2-5-11(19)13(10)16(23)22-12-6-1-3-8-14(20)9(17(24)25)7-21-15(8)12/h1-7H,(H,22,23)(H,24,25). The average molecular weight is 396 g/mol. The number of benzene rings is 2. The van der Waals surface area contributed by atoms with Crippen molar-refractivity contribution in [2.45, 2.75) is 0 Å². The van der Waals surface area contributed by atoms with Gasteiger partial charge in [0.05, 0.1) is 37.4 Å². The van der Waals surface area contributed by atoms with Crippen molar-refractivity contribution in [2.75, 3.05) is 5.32 Å². The van der Waals surface area contributed by atoms with Crippen LogP contribution in [-0.4, -0.2) is 22.0 Å². The molecule has 8 heteroatoms. The smallest absolute Gasteiger partial charge is 0.338 e. The molecule has 0 spiro atoms. The Labute approximate surface area is 157 Å². The Morgan fingerprint density at radius 3 is 2.28 bits per heavy atom. The average Bonchev–Trinajstić information content (AvgIpc) is 2.55. The summed E-state index contributed by atoms with van der Waals surface area (Å²) in [5.41, 5.74) is 0.731. The summed E-state index contributed by atoms with van der Waals surface area (Å²) < 4.78 is 0. The number of hydrogen-bond donors (Lipinski definition) is 2. The van der Waals surface area contributed by atoms with E-state index in [1.807, 2.05) is 0 Å². The van der Waals surface area contributed by atoms with Crippen LogP contribution in [0.2, 0.25) is 15.1 Å². The summed E-state index contributed by atoms with van der Waals surface area (Å²) in [6.45, 7) is 0. The van der Waals surface area contributed by atoms with Crippen LogP contribution in [0.1, 0.15) is 20.7 Å². The van der Waals surface area contributed by atoms with E-state index < -0.39 is 11.9 Å². The van der Waals surface area contributed by atoms with Crippen molar-refractivity contribution in [2.24, 2.45) is 0 Å². The summed E-state index contributed by atoms with van der Waals surface area (Å²) in [5.74, 6) is -1.69. The Morgan fingerprint density at radius 2 is 1.64 bits per heavy atom. The van der Waals surface area contributed by atoms with Crippen molar-refractivity contribution in [1.82, 2.24) is 4.98 Å². The minimum atomic E-state index is -1.18. The van der Waals surface area contributed by atoms with Gasteiger partial charge in [0.25, 0.3) is 5.91 Å². The lowest BCUT2D eigenvalue weighted by molar-refractivity contribution is 0.0696. The van der Waals surface area contributed by atoms with Crippen molar-refractivity contribution in [1.29, 1.82) is 0 Å². The van der Waals surface area contributed by atoms with Gasteiger partial charge < -0.3 is 10.4 Å². The van der Waals surface area contributed by atoms with Crippen LogP contribution >= 0.6 is 34.8 Å². The van der Waals surface area contributed by atoms with Crippen molar-refractivity contribution in [3.8, 4) is 0 Å². The number of aromatic carboxylic acids is 1. The molecule has 0 aliphatic rings. The van der Waals surface area contributed by atoms with Crippen LogP contribution in [-0.2, 0) is 0 Å². The molecule has 1 amide bonds. The summed E-state index contributed by atoms with van der Waals surface area (Å²) >= 11 is 18.2. The van der Waals surface area contributed by atoms with Gasteiger partial charge in [0.1, 0.15) is 0 Å². The second-order valence-corrected chi connectivity index (χ2v) is 6.24. The van der Waals surface area contributed by atoms with Crippen LogP contribution in [0.5, 0.6) is 0 Å². The molecule has 126 valence electrons.